The summed E-state index contributed by atoms with van der Waals surface area (Å²) in [6.45, 7) is 0.433. The monoisotopic (exact) mass is 259 g/mol. The molecule has 1 aromatic rings. The van der Waals surface area contributed by atoms with Gasteiger partial charge in [-0.15, -0.1) is 0 Å². The number of hydrogen-bond acceptors (Lipinski definition) is 4. The fraction of sp³-hybridized carbons (Fsp3) is 0.429. The second kappa shape index (κ2) is 5.83. The Morgan fingerprint density at radius 3 is 2.89 bits per heavy atom. The summed E-state index contributed by atoms with van der Waals surface area (Å²) in [4.78, 5) is 13.8. The first-order chi connectivity index (χ1) is 9.17. The number of benzene rings is 1. The summed E-state index contributed by atoms with van der Waals surface area (Å²) < 4.78 is 5.59. The van der Waals surface area contributed by atoms with E-state index in [1.807, 2.05) is 0 Å². The molecule has 1 aliphatic rings. The lowest BCUT2D eigenvalue weighted by atomic mass is 10.1. The number of anilines is 1. The summed E-state index contributed by atoms with van der Waals surface area (Å²) in [7, 11) is 1.66. The number of carbonyl (C=O) groups is 1. The summed E-state index contributed by atoms with van der Waals surface area (Å²) in [5, 5.41) is 9.06. The summed E-state index contributed by atoms with van der Waals surface area (Å²) in [5.74, 6) is -0.126. The van der Waals surface area contributed by atoms with Gasteiger partial charge in [-0.2, -0.15) is 5.26 Å². The molecule has 5 nitrogen and oxygen atoms in total. The molecule has 0 aromatic heterocycles. The van der Waals surface area contributed by atoms with Crippen molar-refractivity contribution >= 4 is 11.6 Å². The van der Waals surface area contributed by atoms with Crippen LogP contribution in [0.15, 0.2) is 24.3 Å². The van der Waals surface area contributed by atoms with Gasteiger partial charge in [0.25, 0.3) is 5.91 Å². The largest absolute Gasteiger partial charge is 0.364 e. The number of amides is 1. The first kappa shape index (κ1) is 13.5. The maximum atomic E-state index is 12.3. The lowest BCUT2D eigenvalue weighted by Crippen LogP contribution is -2.37. The molecule has 1 amide bonds. The maximum absolute atomic E-state index is 12.3. The minimum atomic E-state index is -0.453. The van der Waals surface area contributed by atoms with Gasteiger partial charge in [-0.3, -0.25) is 4.79 Å². The molecular weight excluding hydrogens is 242 g/mol. The third-order valence-electron chi connectivity index (χ3n) is 3.36. The predicted octanol–water partition coefficient (Wildman–Crippen LogP) is 1.03. The van der Waals surface area contributed by atoms with Crippen LogP contribution < -0.4 is 10.6 Å². The summed E-state index contributed by atoms with van der Waals surface area (Å²) >= 11 is 0. The van der Waals surface area contributed by atoms with E-state index in [0.717, 1.165) is 6.42 Å². The van der Waals surface area contributed by atoms with Crippen molar-refractivity contribution in [2.75, 3.05) is 18.5 Å². The molecule has 0 bridgehead atoms. The normalized spacial score (nSPS) is 21.9. The number of nitriles is 1. The van der Waals surface area contributed by atoms with Crippen molar-refractivity contribution in [1.82, 2.24) is 0 Å². The Balaban J connectivity index is 2.14. The molecule has 1 aliphatic heterocycles. The van der Waals surface area contributed by atoms with Crippen molar-refractivity contribution < 1.29 is 9.53 Å². The van der Waals surface area contributed by atoms with Crippen LogP contribution in [-0.4, -0.2) is 31.7 Å². The molecule has 1 aromatic carbocycles. The number of nitrogens with zero attached hydrogens (tertiary/aromatic N) is 2. The van der Waals surface area contributed by atoms with Crippen LogP contribution in [0.25, 0.3) is 0 Å². The third kappa shape index (κ3) is 2.75. The van der Waals surface area contributed by atoms with Crippen LogP contribution >= 0.6 is 0 Å². The van der Waals surface area contributed by atoms with Gasteiger partial charge >= 0.3 is 0 Å². The van der Waals surface area contributed by atoms with Crippen molar-refractivity contribution in [3.63, 3.8) is 0 Å². The SMILES string of the molecule is CN(C(=O)C1CCC(CN)O1)c1ccccc1C#N. The summed E-state index contributed by atoms with van der Waals surface area (Å²) in [6, 6.07) is 9.11. The van der Waals surface area contributed by atoms with Gasteiger partial charge in [0.2, 0.25) is 0 Å². The third-order valence-corrected chi connectivity index (χ3v) is 3.36. The molecule has 1 fully saturated rings. The van der Waals surface area contributed by atoms with Crippen LogP contribution in [0.1, 0.15) is 18.4 Å². The molecule has 1 saturated heterocycles. The van der Waals surface area contributed by atoms with E-state index < -0.39 is 6.10 Å². The minimum Gasteiger partial charge on any atom is -0.364 e. The number of carbonyl (C=O) groups excluding carboxylic acids is 1. The van der Waals surface area contributed by atoms with E-state index in [4.69, 9.17) is 15.7 Å². The topological polar surface area (TPSA) is 79.3 Å². The molecule has 0 spiro atoms. The molecule has 0 aliphatic carbocycles. The van der Waals surface area contributed by atoms with Crippen molar-refractivity contribution in [2.45, 2.75) is 25.0 Å². The second-order valence-corrected chi connectivity index (χ2v) is 4.59. The quantitative estimate of drug-likeness (QED) is 0.879. The number of ether oxygens (including phenoxy) is 1. The molecule has 2 atom stereocenters. The molecule has 0 saturated carbocycles. The van der Waals surface area contributed by atoms with Gasteiger partial charge in [0.05, 0.1) is 17.4 Å². The van der Waals surface area contributed by atoms with E-state index in [-0.39, 0.29) is 12.0 Å². The van der Waals surface area contributed by atoms with Crippen molar-refractivity contribution in [1.29, 1.82) is 5.26 Å². The first-order valence-corrected chi connectivity index (χ1v) is 6.29. The van der Waals surface area contributed by atoms with Gasteiger partial charge in [0.1, 0.15) is 12.2 Å². The number of likely N-dealkylation sites (N-methyl/N-ethyl adjacent to an activating group) is 1. The molecule has 5 heteroatoms. The standard InChI is InChI=1S/C14H17N3O2/c1-17(12-5-3-2-4-10(12)8-15)14(18)13-7-6-11(9-16)19-13/h2-5,11,13H,6-7,9,16H2,1H3. The molecule has 100 valence electrons. The van der Waals surface area contributed by atoms with Gasteiger partial charge in [-0.05, 0) is 25.0 Å². The molecule has 0 radical (unpaired) electrons. The van der Waals surface area contributed by atoms with Gasteiger partial charge in [-0.25, -0.2) is 0 Å². The molecule has 1 heterocycles. The highest BCUT2D eigenvalue weighted by atomic mass is 16.5. The Kier molecular flexibility index (Phi) is 4.15. The van der Waals surface area contributed by atoms with Gasteiger partial charge in [-0.1, -0.05) is 12.1 Å². The second-order valence-electron chi connectivity index (χ2n) is 4.59. The molecular formula is C14H17N3O2. The maximum Gasteiger partial charge on any atom is 0.255 e. The van der Waals surface area contributed by atoms with E-state index in [0.29, 0.717) is 24.2 Å². The van der Waals surface area contributed by atoms with Crippen molar-refractivity contribution in [3.8, 4) is 6.07 Å². The lowest BCUT2D eigenvalue weighted by Gasteiger charge is -2.22. The van der Waals surface area contributed by atoms with Crippen LogP contribution in [0.3, 0.4) is 0 Å². The fourth-order valence-corrected chi connectivity index (χ4v) is 2.26. The first-order valence-electron chi connectivity index (χ1n) is 6.29. The zero-order valence-electron chi connectivity index (χ0n) is 10.9. The number of para-hydroxylation sites is 1. The van der Waals surface area contributed by atoms with E-state index in [1.165, 1.54) is 4.90 Å². The van der Waals surface area contributed by atoms with Crippen LogP contribution in [0, 0.1) is 11.3 Å². The van der Waals surface area contributed by atoms with E-state index in [1.54, 1.807) is 31.3 Å². The lowest BCUT2D eigenvalue weighted by molar-refractivity contribution is -0.128. The Hall–Kier alpha value is -1.90. The average Bonchev–Trinajstić information content (AvgIpc) is 2.94. The van der Waals surface area contributed by atoms with E-state index in [9.17, 15) is 4.79 Å². The highest BCUT2D eigenvalue weighted by molar-refractivity contribution is 5.97. The van der Waals surface area contributed by atoms with E-state index in [2.05, 4.69) is 6.07 Å². The smallest absolute Gasteiger partial charge is 0.255 e. The minimum absolute atomic E-state index is 0.0337. The molecule has 2 unspecified atom stereocenters. The number of nitrogens with two attached hydrogens (primary N) is 1. The Morgan fingerprint density at radius 2 is 2.26 bits per heavy atom. The van der Waals surface area contributed by atoms with Gasteiger partial charge < -0.3 is 15.4 Å². The fourth-order valence-electron chi connectivity index (χ4n) is 2.26. The highest BCUT2D eigenvalue weighted by Crippen LogP contribution is 2.24. The summed E-state index contributed by atoms with van der Waals surface area (Å²) in [5.41, 5.74) is 6.62. The van der Waals surface area contributed by atoms with E-state index >= 15 is 0 Å². The molecule has 2 rings (SSSR count). The van der Waals surface area contributed by atoms with Gasteiger partial charge in [0.15, 0.2) is 0 Å². The average molecular weight is 259 g/mol. The molecule has 2 N–H and O–H groups in total. The predicted molar refractivity (Wildman–Crippen MR) is 71.5 cm³/mol. The van der Waals surface area contributed by atoms with Crippen LogP contribution in [0.4, 0.5) is 5.69 Å². The number of hydrogen-bond donors (Lipinski definition) is 1. The van der Waals surface area contributed by atoms with Crippen LogP contribution in [0.5, 0.6) is 0 Å². The Morgan fingerprint density at radius 1 is 1.53 bits per heavy atom. The van der Waals surface area contributed by atoms with Crippen LogP contribution in [-0.2, 0) is 9.53 Å². The Bertz CT molecular complexity index is 510. The highest BCUT2D eigenvalue weighted by Gasteiger charge is 2.32. The Labute approximate surface area is 112 Å². The van der Waals surface area contributed by atoms with Crippen molar-refractivity contribution in [2.24, 2.45) is 5.73 Å². The van der Waals surface area contributed by atoms with Crippen molar-refractivity contribution in [3.05, 3.63) is 29.8 Å². The number of rotatable bonds is 3. The van der Waals surface area contributed by atoms with Crippen LogP contribution in [0.2, 0.25) is 0 Å². The summed E-state index contributed by atoms with van der Waals surface area (Å²) in [6.07, 6.45) is 0.999. The van der Waals surface area contributed by atoms with Gasteiger partial charge in [0, 0.05) is 13.6 Å². The zero-order chi connectivity index (χ0) is 13.8. The molecule has 19 heavy (non-hydrogen) atoms. The zero-order valence-corrected chi connectivity index (χ0v) is 10.9.